The highest BCUT2D eigenvalue weighted by molar-refractivity contribution is 5.85. The van der Waals surface area contributed by atoms with Gasteiger partial charge in [0.2, 0.25) is 0 Å². The average molecular weight is 498 g/mol. The molecule has 0 bridgehead atoms. The zero-order valence-corrected chi connectivity index (χ0v) is 20.4. The van der Waals surface area contributed by atoms with Gasteiger partial charge in [-0.15, -0.1) is 24.8 Å². The number of piperazine rings is 1. The third-order valence-corrected chi connectivity index (χ3v) is 6.47. The molecule has 9 heteroatoms. The Morgan fingerprint density at radius 1 is 0.969 bits per heavy atom. The molecule has 2 aliphatic rings. The van der Waals surface area contributed by atoms with Crippen molar-refractivity contribution in [1.29, 1.82) is 0 Å². The number of hydrogen-bond donors (Lipinski definition) is 0. The van der Waals surface area contributed by atoms with E-state index in [0.29, 0.717) is 12.1 Å². The summed E-state index contributed by atoms with van der Waals surface area (Å²) in [5.74, 6) is 1.04. The van der Waals surface area contributed by atoms with E-state index in [4.69, 9.17) is 0 Å². The number of nitrogens with zero attached hydrogens (tertiary/aromatic N) is 3. The van der Waals surface area contributed by atoms with Gasteiger partial charge in [-0.1, -0.05) is 6.07 Å². The third kappa shape index (κ3) is 9.08. The van der Waals surface area contributed by atoms with Crippen LogP contribution in [0, 0.1) is 5.92 Å². The third-order valence-electron chi connectivity index (χ3n) is 6.47. The molecule has 32 heavy (non-hydrogen) atoms. The van der Waals surface area contributed by atoms with E-state index in [2.05, 4.69) is 14.7 Å². The van der Waals surface area contributed by atoms with Crippen LogP contribution in [0.4, 0.5) is 18.9 Å². The maximum Gasteiger partial charge on any atom is 0.416 e. The summed E-state index contributed by atoms with van der Waals surface area (Å²) in [4.78, 5) is 18.0. The largest absolute Gasteiger partial charge is 0.416 e. The first-order chi connectivity index (χ1) is 14.3. The summed E-state index contributed by atoms with van der Waals surface area (Å²) < 4.78 is 38.8. The summed E-state index contributed by atoms with van der Waals surface area (Å²) in [7, 11) is 0. The number of benzene rings is 1. The highest BCUT2D eigenvalue weighted by Crippen LogP contribution is 2.32. The van der Waals surface area contributed by atoms with E-state index in [1.807, 2.05) is 0 Å². The van der Waals surface area contributed by atoms with E-state index in [1.165, 1.54) is 31.4 Å². The maximum atomic E-state index is 12.9. The quantitative estimate of drug-likeness (QED) is 0.496. The molecule has 0 spiro atoms. The van der Waals surface area contributed by atoms with Crippen LogP contribution >= 0.6 is 24.8 Å². The number of Topliss-reactive ketones (excluding diaryl/α,β-unsaturated/α-hetero) is 1. The van der Waals surface area contributed by atoms with Crippen molar-refractivity contribution in [3.05, 3.63) is 29.8 Å². The second-order valence-electron chi connectivity index (χ2n) is 8.76. The minimum absolute atomic E-state index is 0. The number of likely N-dealkylation sites (tertiary alicyclic amines) is 1. The fourth-order valence-corrected chi connectivity index (χ4v) is 4.52. The standard InChI is InChI=1S/C23H34F3N3O.2ClH/c1-19(30)4-3-10-27-11-7-20(8-12-27)9-13-28-14-16-29(17-15-28)22-6-2-5-21(18-22)23(24,25)26;;/h2,5-6,18,20H,3-4,7-17H2,1H3;2*1H. The van der Waals surface area contributed by atoms with Gasteiger partial charge in [0.15, 0.2) is 0 Å². The Kier molecular flexibility index (Phi) is 12.4. The first-order valence-electron chi connectivity index (χ1n) is 11.2. The van der Waals surface area contributed by atoms with Crippen LogP contribution in [-0.2, 0) is 11.0 Å². The van der Waals surface area contributed by atoms with Gasteiger partial charge in [-0.05, 0) is 82.9 Å². The lowest BCUT2D eigenvalue weighted by Crippen LogP contribution is -2.47. The minimum Gasteiger partial charge on any atom is -0.369 e. The molecule has 0 aromatic heterocycles. The highest BCUT2D eigenvalue weighted by atomic mass is 35.5. The van der Waals surface area contributed by atoms with E-state index in [1.54, 1.807) is 13.0 Å². The number of piperidine rings is 1. The summed E-state index contributed by atoms with van der Waals surface area (Å²) in [5.41, 5.74) is 0.0942. The number of rotatable bonds is 8. The van der Waals surface area contributed by atoms with Crippen molar-refractivity contribution >= 4 is 36.3 Å². The summed E-state index contributed by atoms with van der Waals surface area (Å²) in [6.45, 7) is 9.38. The lowest BCUT2D eigenvalue weighted by molar-refractivity contribution is -0.137. The molecule has 0 N–H and O–H groups in total. The van der Waals surface area contributed by atoms with Gasteiger partial charge in [0.1, 0.15) is 5.78 Å². The average Bonchev–Trinajstić information content (AvgIpc) is 2.73. The molecule has 0 unspecified atom stereocenters. The van der Waals surface area contributed by atoms with Crippen LogP contribution in [0.2, 0.25) is 0 Å². The van der Waals surface area contributed by atoms with Crippen LogP contribution in [-0.4, -0.2) is 67.9 Å². The second kappa shape index (κ2) is 13.6. The number of alkyl halides is 3. The normalized spacial score (nSPS) is 18.7. The minimum atomic E-state index is -4.29. The maximum absolute atomic E-state index is 12.9. The first-order valence-corrected chi connectivity index (χ1v) is 11.2. The van der Waals surface area contributed by atoms with E-state index >= 15 is 0 Å². The van der Waals surface area contributed by atoms with E-state index in [9.17, 15) is 18.0 Å². The number of carbonyl (C=O) groups is 1. The first kappa shape index (κ1) is 29.0. The molecular formula is C23H36Cl2F3N3O. The Morgan fingerprint density at radius 3 is 2.19 bits per heavy atom. The van der Waals surface area contributed by atoms with Crippen LogP contribution in [0.5, 0.6) is 0 Å². The highest BCUT2D eigenvalue weighted by Gasteiger charge is 2.31. The summed E-state index contributed by atoms with van der Waals surface area (Å²) in [6.07, 6.45) is 1.02. The van der Waals surface area contributed by atoms with Crippen LogP contribution in [0.1, 0.15) is 44.6 Å². The van der Waals surface area contributed by atoms with Crippen molar-refractivity contribution in [2.45, 2.75) is 45.2 Å². The second-order valence-corrected chi connectivity index (χ2v) is 8.76. The summed E-state index contributed by atoms with van der Waals surface area (Å²) in [5, 5.41) is 0. The molecule has 1 aromatic rings. The van der Waals surface area contributed by atoms with Gasteiger partial charge in [-0.3, -0.25) is 4.90 Å². The molecule has 0 saturated carbocycles. The Labute approximate surface area is 202 Å². The molecule has 3 rings (SSSR count). The molecule has 0 aliphatic carbocycles. The molecule has 2 heterocycles. The van der Waals surface area contributed by atoms with Gasteiger partial charge >= 0.3 is 6.18 Å². The Hall–Kier alpha value is -1.02. The van der Waals surface area contributed by atoms with Crippen molar-refractivity contribution in [2.24, 2.45) is 5.92 Å². The number of hydrogen-bond acceptors (Lipinski definition) is 4. The lowest BCUT2D eigenvalue weighted by atomic mass is 9.93. The van der Waals surface area contributed by atoms with Crippen molar-refractivity contribution in [1.82, 2.24) is 9.80 Å². The van der Waals surface area contributed by atoms with Crippen molar-refractivity contribution in [3.63, 3.8) is 0 Å². The van der Waals surface area contributed by atoms with Crippen LogP contribution < -0.4 is 4.90 Å². The summed E-state index contributed by atoms with van der Waals surface area (Å²) >= 11 is 0. The summed E-state index contributed by atoms with van der Waals surface area (Å²) in [6, 6.07) is 5.67. The van der Waals surface area contributed by atoms with Crippen molar-refractivity contribution in [3.8, 4) is 0 Å². The molecule has 0 atom stereocenters. The monoisotopic (exact) mass is 497 g/mol. The zero-order valence-electron chi connectivity index (χ0n) is 18.8. The zero-order chi connectivity index (χ0) is 21.6. The lowest BCUT2D eigenvalue weighted by Gasteiger charge is -2.38. The fourth-order valence-electron chi connectivity index (χ4n) is 4.52. The van der Waals surface area contributed by atoms with Gasteiger partial charge < -0.3 is 14.6 Å². The molecule has 2 saturated heterocycles. The Bertz CT molecular complexity index is 689. The van der Waals surface area contributed by atoms with Gasteiger partial charge in [-0.2, -0.15) is 13.2 Å². The topological polar surface area (TPSA) is 26.8 Å². The van der Waals surface area contributed by atoms with E-state index in [0.717, 1.165) is 70.8 Å². The van der Waals surface area contributed by atoms with E-state index in [-0.39, 0.29) is 30.6 Å². The molecule has 0 radical (unpaired) electrons. The SMILES string of the molecule is CC(=O)CCCN1CCC(CCN2CCN(c3cccc(C(F)(F)F)c3)CC2)CC1.Cl.Cl. The van der Waals surface area contributed by atoms with Crippen LogP contribution in [0.25, 0.3) is 0 Å². The molecule has 0 amide bonds. The molecule has 2 aliphatic heterocycles. The Morgan fingerprint density at radius 2 is 1.59 bits per heavy atom. The van der Waals surface area contributed by atoms with Crippen molar-refractivity contribution < 1.29 is 18.0 Å². The number of carbonyl (C=O) groups excluding carboxylic acids is 1. The molecular weight excluding hydrogens is 462 g/mol. The Balaban J connectivity index is 0.00000256. The number of ketones is 1. The molecule has 1 aromatic carbocycles. The van der Waals surface area contributed by atoms with Gasteiger partial charge in [-0.25, -0.2) is 0 Å². The van der Waals surface area contributed by atoms with Gasteiger partial charge in [0, 0.05) is 38.3 Å². The van der Waals surface area contributed by atoms with Gasteiger partial charge in [0.05, 0.1) is 5.56 Å². The predicted octanol–water partition coefficient (Wildman–Crippen LogP) is 5.14. The van der Waals surface area contributed by atoms with E-state index < -0.39 is 11.7 Å². The number of halogens is 5. The van der Waals surface area contributed by atoms with Gasteiger partial charge in [0.25, 0.3) is 0 Å². The van der Waals surface area contributed by atoms with Crippen molar-refractivity contribution in [2.75, 3.05) is 57.3 Å². The molecule has 184 valence electrons. The molecule has 4 nitrogen and oxygen atoms in total. The fraction of sp³-hybridized carbons (Fsp3) is 0.696. The number of anilines is 1. The van der Waals surface area contributed by atoms with Crippen LogP contribution in [0.15, 0.2) is 24.3 Å². The van der Waals surface area contributed by atoms with Crippen LogP contribution in [0.3, 0.4) is 0 Å². The predicted molar refractivity (Wildman–Crippen MR) is 128 cm³/mol. The smallest absolute Gasteiger partial charge is 0.369 e. The molecule has 2 fully saturated rings.